The Kier molecular flexibility index (Phi) is 4.94. The van der Waals surface area contributed by atoms with Crippen molar-refractivity contribution in [2.75, 3.05) is 5.73 Å². The van der Waals surface area contributed by atoms with Crippen molar-refractivity contribution >= 4 is 11.6 Å². The molecular formula is C16H24N2O. The summed E-state index contributed by atoms with van der Waals surface area (Å²) in [5.74, 6) is 1.85. The predicted octanol–water partition coefficient (Wildman–Crippen LogP) is 3.70. The summed E-state index contributed by atoms with van der Waals surface area (Å²) < 4.78 is 0. The molecule has 1 aliphatic rings. The van der Waals surface area contributed by atoms with Gasteiger partial charge in [-0.25, -0.2) is 4.98 Å². The van der Waals surface area contributed by atoms with Crippen molar-refractivity contribution in [3.8, 4) is 0 Å². The van der Waals surface area contributed by atoms with Gasteiger partial charge in [0.1, 0.15) is 11.6 Å². The Labute approximate surface area is 115 Å². The van der Waals surface area contributed by atoms with Gasteiger partial charge in [0.05, 0.1) is 0 Å². The van der Waals surface area contributed by atoms with Crippen molar-refractivity contribution in [1.29, 1.82) is 0 Å². The summed E-state index contributed by atoms with van der Waals surface area (Å²) in [4.78, 5) is 16.4. The van der Waals surface area contributed by atoms with Gasteiger partial charge in [0.25, 0.3) is 0 Å². The number of nitrogen functional groups attached to an aromatic ring is 1. The Morgan fingerprint density at radius 1 is 1.32 bits per heavy atom. The summed E-state index contributed by atoms with van der Waals surface area (Å²) in [5.41, 5.74) is 6.83. The number of anilines is 1. The number of hydrogen-bond acceptors (Lipinski definition) is 3. The SMILES string of the molecule is CCCCC(=O)C1CCC(c2cccc(N)n2)CC1. The fourth-order valence-electron chi connectivity index (χ4n) is 2.96. The van der Waals surface area contributed by atoms with Gasteiger partial charge in [-0.15, -0.1) is 0 Å². The highest BCUT2D eigenvalue weighted by molar-refractivity contribution is 5.81. The van der Waals surface area contributed by atoms with Crippen LogP contribution in [-0.2, 0) is 4.79 Å². The maximum Gasteiger partial charge on any atom is 0.135 e. The Balaban J connectivity index is 1.87. The highest BCUT2D eigenvalue weighted by Gasteiger charge is 2.27. The van der Waals surface area contributed by atoms with Gasteiger partial charge < -0.3 is 5.73 Å². The first-order valence-electron chi connectivity index (χ1n) is 7.46. The van der Waals surface area contributed by atoms with Crippen LogP contribution in [0, 0.1) is 5.92 Å². The van der Waals surface area contributed by atoms with E-state index in [1.54, 1.807) is 0 Å². The molecule has 1 fully saturated rings. The third kappa shape index (κ3) is 3.79. The zero-order valence-corrected chi connectivity index (χ0v) is 11.8. The number of nitrogens with zero attached hydrogens (tertiary/aromatic N) is 1. The normalized spacial score (nSPS) is 23.2. The Hall–Kier alpha value is -1.38. The number of pyridine rings is 1. The van der Waals surface area contributed by atoms with Crippen LogP contribution in [0.25, 0.3) is 0 Å². The largest absolute Gasteiger partial charge is 0.384 e. The van der Waals surface area contributed by atoms with Crippen molar-refractivity contribution in [1.82, 2.24) is 4.98 Å². The molecule has 0 radical (unpaired) electrons. The monoisotopic (exact) mass is 260 g/mol. The van der Waals surface area contributed by atoms with Crippen LogP contribution < -0.4 is 5.73 Å². The summed E-state index contributed by atoms with van der Waals surface area (Å²) in [6.07, 6.45) is 7.08. The lowest BCUT2D eigenvalue weighted by molar-refractivity contribution is -0.124. The molecule has 1 heterocycles. The van der Waals surface area contributed by atoms with E-state index in [-0.39, 0.29) is 0 Å². The first-order valence-corrected chi connectivity index (χ1v) is 7.46. The second kappa shape index (κ2) is 6.69. The van der Waals surface area contributed by atoms with Gasteiger partial charge in [0, 0.05) is 24.0 Å². The van der Waals surface area contributed by atoms with E-state index in [2.05, 4.69) is 18.0 Å². The lowest BCUT2D eigenvalue weighted by atomic mass is 9.78. The zero-order valence-electron chi connectivity index (χ0n) is 11.8. The van der Waals surface area contributed by atoms with Crippen LogP contribution in [0.2, 0.25) is 0 Å². The second-order valence-electron chi connectivity index (χ2n) is 5.61. The standard InChI is InChI=1S/C16H24N2O/c1-2-3-6-15(19)13-10-8-12(9-11-13)14-5-4-7-16(17)18-14/h4-5,7,12-13H,2-3,6,8-11H2,1H3,(H2,17,18). The molecular weight excluding hydrogens is 236 g/mol. The molecule has 0 amide bonds. The number of aromatic nitrogens is 1. The second-order valence-corrected chi connectivity index (χ2v) is 5.61. The lowest BCUT2D eigenvalue weighted by Crippen LogP contribution is -2.21. The summed E-state index contributed by atoms with van der Waals surface area (Å²) in [7, 11) is 0. The molecule has 1 saturated carbocycles. The van der Waals surface area contributed by atoms with Crippen LogP contribution in [-0.4, -0.2) is 10.8 Å². The van der Waals surface area contributed by atoms with Crippen LogP contribution >= 0.6 is 0 Å². The molecule has 0 saturated heterocycles. The molecule has 2 rings (SSSR count). The number of rotatable bonds is 5. The summed E-state index contributed by atoms with van der Waals surface area (Å²) >= 11 is 0. The van der Waals surface area contributed by atoms with Gasteiger partial charge in [0.15, 0.2) is 0 Å². The molecule has 1 aromatic rings. The summed E-state index contributed by atoms with van der Waals surface area (Å²) in [6, 6.07) is 5.85. The Bertz CT molecular complexity index is 423. The van der Waals surface area contributed by atoms with Crippen molar-refractivity contribution < 1.29 is 4.79 Å². The molecule has 1 aliphatic carbocycles. The molecule has 3 heteroatoms. The quantitative estimate of drug-likeness (QED) is 0.878. The molecule has 3 nitrogen and oxygen atoms in total. The minimum Gasteiger partial charge on any atom is -0.384 e. The third-order valence-electron chi connectivity index (χ3n) is 4.17. The highest BCUT2D eigenvalue weighted by atomic mass is 16.1. The summed E-state index contributed by atoms with van der Waals surface area (Å²) in [5, 5.41) is 0. The first-order chi connectivity index (χ1) is 9.20. The highest BCUT2D eigenvalue weighted by Crippen LogP contribution is 2.36. The maximum atomic E-state index is 12.0. The maximum absolute atomic E-state index is 12.0. The first kappa shape index (κ1) is 14.0. The van der Waals surface area contributed by atoms with E-state index in [0.29, 0.717) is 23.4 Å². The van der Waals surface area contributed by atoms with Crippen LogP contribution in [0.1, 0.15) is 63.5 Å². The molecule has 0 bridgehead atoms. The van der Waals surface area contributed by atoms with Crippen molar-refractivity contribution in [2.45, 2.75) is 57.8 Å². The van der Waals surface area contributed by atoms with Crippen LogP contribution in [0.5, 0.6) is 0 Å². The van der Waals surface area contributed by atoms with Crippen molar-refractivity contribution in [3.05, 3.63) is 23.9 Å². The van der Waals surface area contributed by atoms with E-state index in [1.807, 2.05) is 12.1 Å². The van der Waals surface area contributed by atoms with E-state index >= 15 is 0 Å². The van der Waals surface area contributed by atoms with Gasteiger partial charge in [0.2, 0.25) is 0 Å². The average Bonchev–Trinajstić information content (AvgIpc) is 2.45. The third-order valence-corrected chi connectivity index (χ3v) is 4.17. The van der Waals surface area contributed by atoms with E-state index in [0.717, 1.165) is 50.6 Å². The number of carbonyl (C=O) groups is 1. The summed E-state index contributed by atoms with van der Waals surface area (Å²) in [6.45, 7) is 2.13. The minimum absolute atomic E-state index is 0.295. The van der Waals surface area contributed by atoms with Crippen LogP contribution in [0.4, 0.5) is 5.82 Å². The molecule has 19 heavy (non-hydrogen) atoms. The van der Waals surface area contributed by atoms with Gasteiger partial charge >= 0.3 is 0 Å². The Morgan fingerprint density at radius 2 is 2.05 bits per heavy atom. The fourth-order valence-corrected chi connectivity index (χ4v) is 2.96. The van der Waals surface area contributed by atoms with E-state index in [9.17, 15) is 4.79 Å². The van der Waals surface area contributed by atoms with E-state index in [4.69, 9.17) is 5.73 Å². The molecule has 0 atom stereocenters. The number of ketones is 1. The fraction of sp³-hybridized carbons (Fsp3) is 0.625. The van der Waals surface area contributed by atoms with Crippen LogP contribution in [0.3, 0.4) is 0 Å². The lowest BCUT2D eigenvalue weighted by Gasteiger charge is -2.27. The van der Waals surface area contributed by atoms with E-state index in [1.165, 1.54) is 0 Å². The molecule has 0 spiro atoms. The zero-order chi connectivity index (χ0) is 13.7. The number of hydrogen-bond donors (Lipinski definition) is 1. The smallest absolute Gasteiger partial charge is 0.135 e. The molecule has 0 unspecified atom stereocenters. The molecule has 2 N–H and O–H groups in total. The number of unbranched alkanes of at least 4 members (excludes halogenated alkanes) is 1. The molecule has 0 aliphatic heterocycles. The number of carbonyl (C=O) groups excluding carboxylic acids is 1. The van der Waals surface area contributed by atoms with Crippen molar-refractivity contribution in [3.63, 3.8) is 0 Å². The number of nitrogens with two attached hydrogens (primary N) is 1. The van der Waals surface area contributed by atoms with Crippen molar-refractivity contribution in [2.24, 2.45) is 5.92 Å². The topological polar surface area (TPSA) is 56.0 Å². The van der Waals surface area contributed by atoms with Gasteiger partial charge in [-0.1, -0.05) is 19.4 Å². The van der Waals surface area contributed by atoms with Gasteiger partial charge in [-0.05, 0) is 44.2 Å². The predicted molar refractivity (Wildman–Crippen MR) is 77.9 cm³/mol. The number of Topliss-reactive ketones (excluding diaryl/α,β-unsaturated/α-hetero) is 1. The van der Waals surface area contributed by atoms with E-state index < -0.39 is 0 Å². The average molecular weight is 260 g/mol. The molecule has 104 valence electrons. The molecule has 1 aromatic heterocycles. The van der Waals surface area contributed by atoms with Gasteiger partial charge in [-0.3, -0.25) is 4.79 Å². The molecule has 0 aromatic carbocycles. The minimum atomic E-state index is 0.295. The Morgan fingerprint density at radius 3 is 2.68 bits per heavy atom. The van der Waals surface area contributed by atoms with Gasteiger partial charge in [-0.2, -0.15) is 0 Å². The van der Waals surface area contributed by atoms with Crippen LogP contribution in [0.15, 0.2) is 18.2 Å².